The molecule has 0 saturated heterocycles. The number of carbonyl (C=O) groups is 1. The van der Waals surface area contributed by atoms with Crippen LogP contribution in [0.15, 0.2) is 29.8 Å². The lowest BCUT2D eigenvalue weighted by Gasteiger charge is -2.12. The number of ether oxygens (including phenoxy) is 1. The molecule has 1 fully saturated rings. The van der Waals surface area contributed by atoms with E-state index in [4.69, 9.17) is 4.74 Å². The van der Waals surface area contributed by atoms with Crippen molar-refractivity contribution in [1.29, 1.82) is 0 Å². The highest BCUT2D eigenvalue weighted by Crippen LogP contribution is 2.26. The summed E-state index contributed by atoms with van der Waals surface area (Å²) in [6.45, 7) is 0.795. The lowest BCUT2D eigenvalue weighted by Crippen LogP contribution is -2.01. The smallest absolute Gasteiger partial charge is 0.155 e. The van der Waals surface area contributed by atoms with Gasteiger partial charge in [-0.25, -0.2) is 0 Å². The van der Waals surface area contributed by atoms with Gasteiger partial charge in [0, 0.05) is 12.8 Å². The molecule has 0 amide bonds. The van der Waals surface area contributed by atoms with E-state index in [1.54, 1.807) is 0 Å². The summed E-state index contributed by atoms with van der Waals surface area (Å²) in [6, 6.07) is 6.33. The molecule has 0 atom stereocenters. The van der Waals surface area contributed by atoms with E-state index < -0.39 is 0 Å². The van der Waals surface area contributed by atoms with Crippen LogP contribution in [-0.4, -0.2) is 12.4 Å². The predicted octanol–water partition coefficient (Wildman–Crippen LogP) is 4.01. The molecule has 3 rings (SSSR count). The van der Waals surface area contributed by atoms with Crippen molar-refractivity contribution in [2.45, 2.75) is 51.4 Å². The molecule has 0 spiro atoms. The zero-order valence-electron chi connectivity index (χ0n) is 12.0. The maximum atomic E-state index is 12.0. The summed E-state index contributed by atoms with van der Waals surface area (Å²) in [5.74, 6) is 1.31. The van der Waals surface area contributed by atoms with Crippen molar-refractivity contribution in [3.05, 3.63) is 41.0 Å². The molecule has 20 heavy (non-hydrogen) atoms. The van der Waals surface area contributed by atoms with Crippen molar-refractivity contribution in [2.75, 3.05) is 6.61 Å². The van der Waals surface area contributed by atoms with Gasteiger partial charge in [-0.3, -0.25) is 4.79 Å². The van der Waals surface area contributed by atoms with E-state index >= 15 is 0 Å². The molecule has 1 aromatic rings. The fourth-order valence-corrected chi connectivity index (χ4v) is 3.11. The van der Waals surface area contributed by atoms with Crippen molar-refractivity contribution in [1.82, 2.24) is 0 Å². The molecule has 106 valence electrons. The van der Waals surface area contributed by atoms with Gasteiger partial charge < -0.3 is 4.74 Å². The van der Waals surface area contributed by atoms with Crippen LogP contribution in [0.3, 0.4) is 0 Å². The number of benzene rings is 1. The maximum Gasteiger partial charge on any atom is 0.155 e. The first-order valence-corrected chi connectivity index (χ1v) is 7.78. The second-order valence-corrected chi connectivity index (χ2v) is 5.87. The van der Waals surface area contributed by atoms with Gasteiger partial charge in [0.15, 0.2) is 5.78 Å². The number of allylic oxidation sites excluding steroid dienone is 2. The third kappa shape index (κ3) is 3.30. The average molecular weight is 270 g/mol. The topological polar surface area (TPSA) is 26.3 Å². The van der Waals surface area contributed by atoms with Crippen LogP contribution in [0.1, 0.15) is 49.7 Å². The molecule has 1 aliphatic carbocycles. The minimum Gasteiger partial charge on any atom is -0.493 e. The summed E-state index contributed by atoms with van der Waals surface area (Å²) >= 11 is 0. The predicted molar refractivity (Wildman–Crippen MR) is 80.1 cm³/mol. The average Bonchev–Trinajstić information content (AvgIpc) is 2.93. The van der Waals surface area contributed by atoms with Gasteiger partial charge in [0.2, 0.25) is 0 Å². The van der Waals surface area contributed by atoms with Crippen molar-refractivity contribution >= 4 is 5.78 Å². The second-order valence-electron chi connectivity index (χ2n) is 5.87. The Bertz CT molecular complexity index is 520. The Morgan fingerprint density at radius 3 is 2.85 bits per heavy atom. The van der Waals surface area contributed by atoms with Crippen LogP contribution in [0.4, 0.5) is 0 Å². The Morgan fingerprint density at radius 2 is 2.00 bits per heavy atom. The van der Waals surface area contributed by atoms with Gasteiger partial charge in [0.25, 0.3) is 0 Å². The van der Waals surface area contributed by atoms with E-state index in [2.05, 4.69) is 12.1 Å². The first-order chi connectivity index (χ1) is 9.81. The minimum atomic E-state index is 0.290. The first kappa shape index (κ1) is 13.4. The van der Waals surface area contributed by atoms with Gasteiger partial charge >= 0.3 is 0 Å². The Labute approximate surface area is 120 Å². The van der Waals surface area contributed by atoms with Crippen molar-refractivity contribution in [2.24, 2.45) is 0 Å². The number of aryl methyl sites for hydroxylation is 1. The van der Waals surface area contributed by atoms with Crippen LogP contribution in [0.25, 0.3) is 0 Å². The summed E-state index contributed by atoms with van der Waals surface area (Å²) in [4.78, 5) is 12.0. The van der Waals surface area contributed by atoms with E-state index in [1.807, 2.05) is 12.1 Å². The number of rotatable bonds is 4. The first-order valence-electron chi connectivity index (χ1n) is 7.78. The Morgan fingerprint density at radius 1 is 1.15 bits per heavy atom. The molecule has 1 aliphatic heterocycles. The van der Waals surface area contributed by atoms with Gasteiger partial charge in [0.05, 0.1) is 6.61 Å². The summed E-state index contributed by atoms with van der Waals surface area (Å²) < 4.78 is 5.50. The van der Waals surface area contributed by atoms with Crippen molar-refractivity contribution < 1.29 is 9.53 Å². The van der Waals surface area contributed by atoms with E-state index in [0.29, 0.717) is 12.2 Å². The molecule has 2 heteroatoms. The fourth-order valence-electron chi connectivity index (χ4n) is 3.11. The molecule has 0 bridgehead atoms. The van der Waals surface area contributed by atoms with E-state index in [0.717, 1.165) is 38.0 Å². The monoisotopic (exact) mass is 270 g/mol. The number of ketones is 1. The number of fused-ring (bicyclic) bond motifs is 1. The SMILES string of the molecule is O=C(C=C1CCCCC1)CCc1ccc2c(c1)CCO2. The third-order valence-electron chi connectivity index (χ3n) is 4.27. The number of carbonyl (C=O) groups excluding carboxylic acids is 1. The van der Waals surface area contributed by atoms with E-state index in [9.17, 15) is 4.79 Å². The van der Waals surface area contributed by atoms with Crippen molar-refractivity contribution in [3.63, 3.8) is 0 Å². The van der Waals surface area contributed by atoms with Gasteiger partial charge in [-0.05, 0) is 55.4 Å². The van der Waals surface area contributed by atoms with Gasteiger partial charge in [-0.2, -0.15) is 0 Å². The molecule has 2 nitrogen and oxygen atoms in total. The molecule has 0 aromatic heterocycles. The number of hydrogen-bond acceptors (Lipinski definition) is 2. The quantitative estimate of drug-likeness (QED) is 0.773. The third-order valence-corrected chi connectivity index (χ3v) is 4.27. The van der Waals surface area contributed by atoms with Crippen LogP contribution in [0.2, 0.25) is 0 Å². The van der Waals surface area contributed by atoms with Crippen LogP contribution >= 0.6 is 0 Å². The maximum absolute atomic E-state index is 12.0. The normalized spacial score (nSPS) is 17.5. The van der Waals surface area contributed by atoms with Gasteiger partial charge in [-0.1, -0.05) is 24.1 Å². The van der Waals surface area contributed by atoms with E-state index in [1.165, 1.54) is 36.0 Å². The van der Waals surface area contributed by atoms with Crippen molar-refractivity contribution in [3.8, 4) is 5.75 Å². The molecule has 2 aliphatic rings. The lowest BCUT2D eigenvalue weighted by atomic mass is 9.93. The molecular formula is C18H22O2. The summed E-state index contributed by atoms with van der Waals surface area (Å²) in [7, 11) is 0. The fraction of sp³-hybridized carbons (Fsp3) is 0.500. The van der Waals surface area contributed by atoms with Gasteiger partial charge in [-0.15, -0.1) is 0 Å². The zero-order chi connectivity index (χ0) is 13.8. The lowest BCUT2D eigenvalue weighted by molar-refractivity contribution is -0.114. The molecule has 0 radical (unpaired) electrons. The van der Waals surface area contributed by atoms with Crippen LogP contribution in [0.5, 0.6) is 5.75 Å². The molecule has 0 unspecified atom stereocenters. The van der Waals surface area contributed by atoms with Crippen LogP contribution in [-0.2, 0) is 17.6 Å². The zero-order valence-corrected chi connectivity index (χ0v) is 12.0. The largest absolute Gasteiger partial charge is 0.493 e. The van der Waals surface area contributed by atoms with Gasteiger partial charge in [0.1, 0.15) is 5.75 Å². The standard InChI is InChI=1S/C18H22O2/c19-17(13-14-4-2-1-3-5-14)8-6-15-7-9-18-16(12-15)10-11-20-18/h7,9,12-13H,1-6,8,10-11H2. The Balaban J connectivity index is 1.55. The molecule has 1 aromatic carbocycles. The highest BCUT2D eigenvalue weighted by atomic mass is 16.5. The Hall–Kier alpha value is -1.57. The summed E-state index contributed by atoms with van der Waals surface area (Å²) in [5, 5.41) is 0. The summed E-state index contributed by atoms with van der Waals surface area (Å²) in [6.07, 6.45) is 10.5. The van der Waals surface area contributed by atoms with Crippen LogP contribution < -0.4 is 4.74 Å². The minimum absolute atomic E-state index is 0.290. The molecular weight excluding hydrogens is 248 g/mol. The van der Waals surface area contributed by atoms with E-state index in [-0.39, 0.29) is 0 Å². The Kier molecular flexibility index (Phi) is 4.19. The number of hydrogen-bond donors (Lipinski definition) is 0. The highest BCUT2D eigenvalue weighted by molar-refractivity contribution is 5.90. The highest BCUT2D eigenvalue weighted by Gasteiger charge is 2.12. The molecule has 1 saturated carbocycles. The summed E-state index contributed by atoms with van der Waals surface area (Å²) in [5.41, 5.74) is 3.91. The van der Waals surface area contributed by atoms with Crippen LogP contribution in [0, 0.1) is 0 Å². The molecule has 0 N–H and O–H groups in total. The second kappa shape index (κ2) is 6.25. The molecule has 1 heterocycles.